The van der Waals surface area contributed by atoms with Crippen LogP contribution < -0.4 is 4.74 Å². The second kappa shape index (κ2) is 6.45. The Morgan fingerprint density at radius 1 is 1.38 bits per heavy atom. The average Bonchev–Trinajstić information content (AvgIpc) is 2.97. The standard InChI is InChI=1S/C16H21NO4/c18-16(19)12-4-1-2-6-14(12)20-10-8-17-9-11-21-15-7-3-5-13(15)17/h1-2,4,6,13,15H,3,5,7-11H2,(H,18,19)/t13-,15-/m1/s1. The van der Waals surface area contributed by atoms with E-state index in [1.54, 1.807) is 24.3 Å². The van der Waals surface area contributed by atoms with E-state index in [2.05, 4.69) is 4.90 Å². The van der Waals surface area contributed by atoms with E-state index in [0.717, 1.165) is 26.1 Å². The minimum Gasteiger partial charge on any atom is -0.491 e. The number of para-hydroxylation sites is 1. The number of hydrogen-bond donors (Lipinski definition) is 1. The average molecular weight is 291 g/mol. The van der Waals surface area contributed by atoms with Crippen molar-refractivity contribution in [2.45, 2.75) is 31.4 Å². The van der Waals surface area contributed by atoms with E-state index < -0.39 is 5.97 Å². The van der Waals surface area contributed by atoms with Crippen molar-refractivity contribution in [3.63, 3.8) is 0 Å². The SMILES string of the molecule is O=C(O)c1ccccc1OCCN1CCO[C@@H]2CCC[C@H]21. The van der Waals surface area contributed by atoms with Gasteiger partial charge in [0.15, 0.2) is 0 Å². The molecule has 0 bridgehead atoms. The highest BCUT2D eigenvalue weighted by Gasteiger charge is 2.35. The highest BCUT2D eigenvalue weighted by atomic mass is 16.5. The van der Waals surface area contributed by atoms with Gasteiger partial charge in [-0.05, 0) is 31.4 Å². The first-order chi connectivity index (χ1) is 10.3. The molecule has 5 heteroatoms. The lowest BCUT2D eigenvalue weighted by atomic mass is 10.1. The summed E-state index contributed by atoms with van der Waals surface area (Å²) in [7, 11) is 0. The Balaban J connectivity index is 1.55. The zero-order valence-corrected chi connectivity index (χ0v) is 12.0. The molecule has 1 heterocycles. The van der Waals surface area contributed by atoms with Gasteiger partial charge in [-0.3, -0.25) is 4.90 Å². The van der Waals surface area contributed by atoms with Crippen LogP contribution in [0.4, 0.5) is 0 Å². The van der Waals surface area contributed by atoms with E-state index >= 15 is 0 Å². The number of fused-ring (bicyclic) bond motifs is 1. The molecule has 3 rings (SSSR count). The van der Waals surface area contributed by atoms with Crippen LogP contribution in [0.1, 0.15) is 29.6 Å². The molecular formula is C16H21NO4. The first-order valence-corrected chi connectivity index (χ1v) is 7.56. The first-order valence-electron chi connectivity index (χ1n) is 7.56. The number of carboxylic acids is 1. The molecule has 2 fully saturated rings. The van der Waals surface area contributed by atoms with E-state index in [9.17, 15) is 4.79 Å². The van der Waals surface area contributed by atoms with E-state index in [1.807, 2.05) is 0 Å². The summed E-state index contributed by atoms with van der Waals surface area (Å²) in [6, 6.07) is 7.29. The van der Waals surface area contributed by atoms with Crippen molar-refractivity contribution in [3.8, 4) is 5.75 Å². The monoisotopic (exact) mass is 291 g/mol. The molecule has 1 aliphatic heterocycles. The fourth-order valence-corrected chi connectivity index (χ4v) is 3.33. The zero-order chi connectivity index (χ0) is 14.7. The number of aromatic carboxylic acids is 1. The molecule has 1 saturated carbocycles. The van der Waals surface area contributed by atoms with Gasteiger partial charge in [0.1, 0.15) is 17.9 Å². The lowest BCUT2D eigenvalue weighted by Crippen LogP contribution is -2.49. The van der Waals surface area contributed by atoms with Crippen molar-refractivity contribution >= 4 is 5.97 Å². The van der Waals surface area contributed by atoms with Gasteiger partial charge in [-0.15, -0.1) is 0 Å². The van der Waals surface area contributed by atoms with Crippen LogP contribution in [0.15, 0.2) is 24.3 Å². The summed E-state index contributed by atoms with van der Waals surface area (Å²) in [4.78, 5) is 13.6. The van der Waals surface area contributed by atoms with Crippen LogP contribution in [-0.4, -0.2) is 54.4 Å². The zero-order valence-electron chi connectivity index (χ0n) is 12.0. The van der Waals surface area contributed by atoms with Crippen LogP contribution in [-0.2, 0) is 4.74 Å². The first kappa shape index (κ1) is 14.4. The Morgan fingerprint density at radius 3 is 3.10 bits per heavy atom. The third kappa shape index (κ3) is 3.19. The van der Waals surface area contributed by atoms with Gasteiger partial charge in [0.2, 0.25) is 0 Å². The van der Waals surface area contributed by atoms with Crippen molar-refractivity contribution in [2.24, 2.45) is 0 Å². The lowest BCUT2D eigenvalue weighted by Gasteiger charge is -2.37. The van der Waals surface area contributed by atoms with Crippen LogP contribution in [0.5, 0.6) is 5.75 Å². The Kier molecular flexibility index (Phi) is 4.41. The van der Waals surface area contributed by atoms with Crippen molar-refractivity contribution in [2.75, 3.05) is 26.3 Å². The van der Waals surface area contributed by atoms with Crippen LogP contribution in [0.25, 0.3) is 0 Å². The molecular weight excluding hydrogens is 270 g/mol. The topological polar surface area (TPSA) is 59.0 Å². The van der Waals surface area contributed by atoms with Gasteiger partial charge in [0.25, 0.3) is 0 Å². The normalized spacial score (nSPS) is 25.5. The van der Waals surface area contributed by atoms with Gasteiger partial charge < -0.3 is 14.6 Å². The molecule has 114 valence electrons. The number of rotatable bonds is 5. The Bertz CT molecular complexity index is 505. The fourth-order valence-electron chi connectivity index (χ4n) is 3.33. The Morgan fingerprint density at radius 2 is 2.24 bits per heavy atom. The minimum absolute atomic E-state index is 0.221. The molecule has 21 heavy (non-hydrogen) atoms. The molecule has 0 radical (unpaired) electrons. The van der Waals surface area contributed by atoms with Gasteiger partial charge in [0.05, 0.1) is 12.7 Å². The Hall–Kier alpha value is -1.59. The number of hydrogen-bond acceptors (Lipinski definition) is 4. The molecule has 0 spiro atoms. The van der Waals surface area contributed by atoms with Gasteiger partial charge in [-0.25, -0.2) is 4.79 Å². The molecule has 1 aliphatic carbocycles. The fraction of sp³-hybridized carbons (Fsp3) is 0.562. The molecule has 0 unspecified atom stereocenters. The summed E-state index contributed by atoms with van der Waals surface area (Å²) >= 11 is 0. The summed E-state index contributed by atoms with van der Waals surface area (Å²) in [6.45, 7) is 3.05. The van der Waals surface area contributed by atoms with Crippen molar-refractivity contribution in [1.29, 1.82) is 0 Å². The molecule has 1 aromatic carbocycles. The van der Waals surface area contributed by atoms with E-state index in [-0.39, 0.29) is 5.56 Å². The number of ether oxygens (including phenoxy) is 2. The van der Waals surface area contributed by atoms with Gasteiger partial charge >= 0.3 is 5.97 Å². The van der Waals surface area contributed by atoms with Gasteiger partial charge in [-0.1, -0.05) is 12.1 Å². The summed E-state index contributed by atoms with van der Waals surface area (Å²) < 4.78 is 11.5. The highest BCUT2D eigenvalue weighted by molar-refractivity contribution is 5.90. The van der Waals surface area contributed by atoms with Gasteiger partial charge in [-0.2, -0.15) is 0 Å². The largest absolute Gasteiger partial charge is 0.491 e. The second-order valence-electron chi connectivity index (χ2n) is 5.59. The van der Waals surface area contributed by atoms with Crippen LogP contribution in [0.2, 0.25) is 0 Å². The Labute approximate surface area is 124 Å². The van der Waals surface area contributed by atoms with Crippen LogP contribution >= 0.6 is 0 Å². The van der Waals surface area contributed by atoms with Crippen molar-refractivity contribution < 1.29 is 19.4 Å². The second-order valence-corrected chi connectivity index (χ2v) is 5.59. The van der Waals surface area contributed by atoms with E-state index in [4.69, 9.17) is 14.6 Å². The van der Waals surface area contributed by atoms with Crippen LogP contribution in [0.3, 0.4) is 0 Å². The third-order valence-electron chi connectivity index (χ3n) is 4.35. The van der Waals surface area contributed by atoms with E-state index in [1.165, 1.54) is 12.8 Å². The number of benzene rings is 1. The summed E-state index contributed by atoms with van der Waals surface area (Å²) in [6.07, 6.45) is 3.96. The third-order valence-corrected chi connectivity index (χ3v) is 4.35. The smallest absolute Gasteiger partial charge is 0.339 e. The number of carboxylic acid groups (broad SMARTS) is 1. The molecule has 0 amide bonds. The van der Waals surface area contributed by atoms with Crippen molar-refractivity contribution in [1.82, 2.24) is 4.90 Å². The highest BCUT2D eigenvalue weighted by Crippen LogP contribution is 2.29. The van der Waals surface area contributed by atoms with Gasteiger partial charge in [0, 0.05) is 19.1 Å². The molecule has 1 saturated heterocycles. The van der Waals surface area contributed by atoms with E-state index in [0.29, 0.717) is 24.5 Å². The maximum Gasteiger partial charge on any atom is 0.339 e. The number of nitrogens with zero attached hydrogens (tertiary/aromatic N) is 1. The summed E-state index contributed by atoms with van der Waals surface area (Å²) in [5.74, 6) is -0.505. The predicted molar refractivity (Wildman–Crippen MR) is 77.8 cm³/mol. The molecule has 2 aliphatic rings. The summed E-state index contributed by atoms with van der Waals surface area (Å²) in [5, 5.41) is 9.13. The molecule has 5 nitrogen and oxygen atoms in total. The molecule has 1 N–H and O–H groups in total. The summed E-state index contributed by atoms with van der Waals surface area (Å²) in [5.41, 5.74) is 0.221. The number of carbonyl (C=O) groups is 1. The number of morpholine rings is 1. The van der Waals surface area contributed by atoms with Crippen molar-refractivity contribution in [3.05, 3.63) is 29.8 Å². The molecule has 1 aromatic rings. The molecule has 0 aromatic heterocycles. The lowest BCUT2D eigenvalue weighted by molar-refractivity contribution is -0.0583. The maximum absolute atomic E-state index is 11.1. The van der Waals surface area contributed by atoms with Crippen LogP contribution in [0, 0.1) is 0 Å². The quantitative estimate of drug-likeness (QED) is 0.899. The minimum atomic E-state index is -0.951. The maximum atomic E-state index is 11.1. The predicted octanol–water partition coefficient (Wildman–Crippen LogP) is 2.02. The molecule has 2 atom stereocenters.